The summed E-state index contributed by atoms with van der Waals surface area (Å²) in [5.74, 6) is 0.207. The first-order chi connectivity index (χ1) is 11.6. The fourth-order valence-corrected chi connectivity index (χ4v) is 2.82. The fraction of sp³-hybridized carbons (Fsp3) is 0.471. The molecular weight excluding hydrogens is 333 g/mol. The minimum Gasteiger partial charge on any atom is -0.493 e. The van der Waals surface area contributed by atoms with E-state index >= 15 is 0 Å². The normalized spacial score (nSPS) is 16.6. The number of carbonyl (C=O) groups is 1. The predicted octanol–water partition coefficient (Wildman–Crippen LogP) is 3.55. The van der Waals surface area contributed by atoms with Crippen molar-refractivity contribution in [2.75, 3.05) is 6.61 Å². The minimum atomic E-state index is -0.714. The molecule has 1 heterocycles. The molecule has 0 bridgehead atoms. The third-order valence-electron chi connectivity index (χ3n) is 4.13. The number of hydrogen-bond acceptors (Lipinski definition) is 4. The maximum Gasteiger partial charge on any atom is 0.178 e. The summed E-state index contributed by atoms with van der Waals surface area (Å²) in [6.07, 6.45) is 6.57. The van der Waals surface area contributed by atoms with E-state index in [1.165, 1.54) is 18.5 Å². The SMILES string of the molecule is O=C(C(CCCCOc1cccc(F)c1)n1cncn1)C1(Cl)CC1. The minimum absolute atomic E-state index is 0.0146. The van der Waals surface area contributed by atoms with Crippen molar-refractivity contribution in [3.63, 3.8) is 0 Å². The van der Waals surface area contributed by atoms with Crippen LogP contribution in [0.25, 0.3) is 0 Å². The van der Waals surface area contributed by atoms with Gasteiger partial charge in [0.25, 0.3) is 0 Å². The van der Waals surface area contributed by atoms with Crippen molar-refractivity contribution >= 4 is 17.4 Å². The summed E-state index contributed by atoms with van der Waals surface area (Å²) in [4.78, 5) is 15.8. The molecule has 1 unspecified atom stereocenters. The number of Topliss-reactive ketones (excluding diaryl/α,β-unsaturated/α-hetero) is 1. The quantitative estimate of drug-likeness (QED) is 0.512. The van der Waals surface area contributed by atoms with Gasteiger partial charge in [-0.3, -0.25) is 4.79 Å². The highest BCUT2D eigenvalue weighted by atomic mass is 35.5. The molecule has 1 aliphatic carbocycles. The zero-order chi connectivity index (χ0) is 17.0. The molecule has 7 heteroatoms. The molecule has 1 fully saturated rings. The highest BCUT2D eigenvalue weighted by molar-refractivity contribution is 6.38. The highest BCUT2D eigenvalue weighted by Crippen LogP contribution is 2.46. The first-order valence-electron chi connectivity index (χ1n) is 8.04. The molecule has 1 aromatic carbocycles. The van der Waals surface area contributed by atoms with Crippen molar-refractivity contribution in [1.82, 2.24) is 14.8 Å². The van der Waals surface area contributed by atoms with Gasteiger partial charge < -0.3 is 4.74 Å². The van der Waals surface area contributed by atoms with E-state index in [1.54, 1.807) is 23.1 Å². The molecular formula is C17H19ClFN3O2. The lowest BCUT2D eigenvalue weighted by Crippen LogP contribution is -2.29. The lowest BCUT2D eigenvalue weighted by Gasteiger charge is -2.18. The van der Waals surface area contributed by atoms with Gasteiger partial charge in [-0.2, -0.15) is 5.10 Å². The molecule has 0 spiro atoms. The summed E-state index contributed by atoms with van der Waals surface area (Å²) in [6, 6.07) is 5.67. The van der Waals surface area contributed by atoms with Crippen molar-refractivity contribution in [2.24, 2.45) is 0 Å². The first kappa shape index (κ1) is 16.9. The summed E-state index contributed by atoms with van der Waals surface area (Å²) in [5, 5.41) is 4.09. The molecule has 1 aromatic heterocycles. The smallest absolute Gasteiger partial charge is 0.178 e. The van der Waals surface area contributed by atoms with Crippen LogP contribution in [0.15, 0.2) is 36.9 Å². The average molecular weight is 352 g/mol. The Labute approximate surface area is 144 Å². The van der Waals surface area contributed by atoms with Crippen LogP contribution in [-0.2, 0) is 4.79 Å². The zero-order valence-electron chi connectivity index (χ0n) is 13.2. The van der Waals surface area contributed by atoms with Gasteiger partial charge in [-0.15, -0.1) is 11.6 Å². The summed E-state index contributed by atoms with van der Waals surface area (Å²) < 4.78 is 20.2. The van der Waals surface area contributed by atoms with Gasteiger partial charge in [0.05, 0.1) is 6.61 Å². The Morgan fingerprint density at radius 2 is 2.25 bits per heavy atom. The maximum absolute atomic E-state index is 13.1. The molecule has 1 aliphatic rings. The second kappa shape index (κ2) is 7.30. The number of benzene rings is 1. The molecule has 24 heavy (non-hydrogen) atoms. The largest absolute Gasteiger partial charge is 0.493 e. The summed E-state index contributed by atoms with van der Waals surface area (Å²) in [5.41, 5.74) is 0. The molecule has 0 amide bonds. The number of ketones is 1. The molecule has 0 saturated heterocycles. The number of rotatable bonds is 9. The standard InChI is InChI=1S/C17H19ClFN3O2/c18-17(7-8-17)16(23)15(22-12-20-11-21-22)6-1-2-9-24-14-5-3-4-13(19)10-14/h3-5,10-12,15H,1-2,6-9H2. The van der Waals surface area contributed by atoms with E-state index in [4.69, 9.17) is 16.3 Å². The van der Waals surface area contributed by atoms with Gasteiger partial charge in [-0.1, -0.05) is 6.07 Å². The van der Waals surface area contributed by atoms with E-state index in [1.807, 2.05) is 0 Å². The van der Waals surface area contributed by atoms with Gasteiger partial charge in [0.2, 0.25) is 0 Å². The Morgan fingerprint density at radius 1 is 1.42 bits per heavy atom. The third-order valence-corrected chi connectivity index (χ3v) is 4.69. The Kier molecular flexibility index (Phi) is 5.14. The van der Waals surface area contributed by atoms with Crippen molar-refractivity contribution < 1.29 is 13.9 Å². The highest BCUT2D eigenvalue weighted by Gasteiger charge is 2.50. The van der Waals surface area contributed by atoms with Gasteiger partial charge >= 0.3 is 0 Å². The number of unbranched alkanes of at least 4 members (excludes halogenated alkanes) is 1. The van der Waals surface area contributed by atoms with Gasteiger partial charge in [0, 0.05) is 6.07 Å². The van der Waals surface area contributed by atoms with E-state index in [0.29, 0.717) is 18.8 Å². The molecule has 5 nitrogen and oxygen atoms in total. The van der Waals surface area contributed by atoms with E-state index in [9.17, 15) is 9.18 Å². The molecule has 128 valence electrons. The molecule has 1 saturated carbocycles. The molecule has 2 aromatic rings. The molecule has 0 N–H and O–H groups in total. The Bertz CT molecular complexity index is 689. The number of halogens is 2. The summed E-state index contributed by atoms with van der Waals surface area (Å²) in [6.45, 7) is 0.466. The number of hydrogen-bond donors (Lipinski definition) is 0. The first-order valence-corrected chi connectivity index (χ1v) is 8.42. The number of alkyl halides is 1. The lowest BCUT2D eigenvalue weighted by atomic mass is 10.0. The van der Waals surface area contributed by atoms with Crippen LogP contribution in [0.5, 0.6) is 5.75 Å². The predicted molar refractivity (Wildman–Crippen MR) is 87.6 cm³/mol. The van der Waals surface area contributed by atoms with Crippen molar-refractivity contribution in [3.8, 4) is 5.75 Å². The zero-order valence-corrected chi connectivity index (χ0v) is 14.0. The number of aromatic nitrogens is 3. The Balaban J connectivity index is 1.48. The number of nitrogens with zero attached hydrogens (tertiary/aromatic N) is 3. The van der Waals surface area contributed by atoms with Crippen LogP contribution in [-0.4, -0.2) is 32.0 Å². The molecule has 3 rings (SSSR count). The Morgan fingerprint density at radius 3 is 2.92 bits per heavy atom. The molecule has 0 aliphatic heterocycles. The van der Waals surface area contributed by atoms with E-state index in [-0.39, 0.29) is 17.6 Å². The van der Waals surface area contributed by atoms with Crippen LogP contribution in [0.2, 0.25) is 0 Å². The van der Waals surface area contributed by atoms with E-state index in [0.717, 1.165) is 25.7 Å². The van der Waals surface area contributed by atoms with Gasteiger partial charge in [0.15, 0.2) is 5.78 Å². The van der Waals surface area contributed by atoms with Crippen LogP contribution >= 0.6 is 11.6 Å². The van der Waals surface area contributed by atoms with Crippen molar-refractivity contribution in [1.29, 1.82) is 0 Å². The third kappa shape index (κ3) is 4.12. The molecule has 0 radical (unpaired) electrons. The van der Waals surface area contributed by atoms with Crippen LogP contribution < -0.4 is 4.74 Å². The van der Waals surface area contributed by atoms with Crippen LogP contribution in [0, 0.1) is 5.82 Å². The second-order valence-corrected chi connectivity index (χ2v) is 6.75. The summed E-state index contributed by atoms with van der Waals surface area (Å²) in [7, 11) is 0. The molecule has 1 atom stereocenters. The van der Waals surface area contributed by atoms with Crippen LogP contribution in [0.4, 0.5) is 4.39 Å². The lowest BCUT2D eigenvalue weighted by molar-refractivity contribution is -0.123. The van der Waals surface area contributed by atoms with Crippen LogP contribution in [0.3, 0.4) is 0 Å². The maximum atomic E-state index is 13.1. The van der Waals surface area contributed by atoms with Gasteiger partial charge in [-0.25, -0.2) is 14.1 Å². The second-order valence-electron chi connectivity index (χ2n) is 6.02. The average Bonchev–Trinajstić information content (AvgIpc) is 3.10. The monoisotopic (exact) mass is 351 g/mol. The van der Waals surface area contributed by atoms with Crippen molar-refractivity contribution in [2.45, 2.75) is 43.0 Å². The van der Waals surface area contributed by atoms with Crippen molar-refractivity contribution in [3.05, 3.63) is 42.7 Å². The van der Waals surface area contributed by atoms with Gasteiger partial charge in [0.1, 0.15) is 35.1 Å². The number of carbonyl (C=O) groups excluding carboxylic acids is 1. The summed E-state index contributed by atoms with van der Waals surface area (Å²) >= 11 is 6.27. The van der Waals surface area contributed by atoms with E-state index < -0.39 is 4.87 Å². The number of ether oxygens (including phenoxy) is 1. The fourth-order valence-electron chi connectivity index (χ4n) is 2.60. The topological polar surface area (TPSA) is 57.0 Å². The van der Waals surface area contributed by atoms with Crippen LogP contribution in [0.1, 0.15) is 38.1 Å². The Hall–Kier alpha value is -1.95. The van der Waals surface area contributed by atoms with E-state index in [2.05, 4.69) is 10.1 Å². The van der Waals surface area contributed by atoms with Gasteiger partial charge in [-0.05, 0) is 44.2 Å².